The van der Waals surface area contributed by atoms with Crippen LogP contribution in [0.15, 0.2) is 30.3 Å². The Kier molecular flexibility index (Phi) is 3.35. The summed E-state index contributed by atoms with van der Waals surface area (Å²) in [6, 6.07) is 6.20. The number of para-hydroxylation sites is 1. The van der Waals surface area contributed by atoms with Gasteiger partial charge >= 0.3 is 5.97 Å². The predicted molar refractivity (Wildman–Crippen MR) is 48.9 cm³/mol. The SMILES string of the molecule is O=C(O)/C=C/c1ccccc1[NH+]([O-])O. The highest BCUT2D eigenvalue weighted by Gasteiger charge is 2.04. The standard InChI is InChI=1S/C9H9NO4/c11-9(12)6-5-7-3-1-2-4-8(7)10(13)14/h1-6,10,13H,(H,11,12)/b6-5+. The molecule has 1 unspecified atom stereocenters. The van der Waals surface area contributed by atoms with Crippen molar-refractivity contribution in [3.63, 3.8) is 0 Å². The molecule has 0 aliphatic rings. The maximum atomic E-state index is 10.7. The van der Waals surface area contributed by atoms with Crippen molar-refractivity contribution in [2.75, 3.05) is 0 Å². The first-order chi connectivity index (χ1) is 6.61. The van der Waals surface area contributed by atoms with E-state index in [0.29, 0.717) is 5.56 Å². The molecule has 0 aromatic heterocycles. The summed E-state index contributed by atoms with van der Waals surface area (Å²) in [5, 5.41) is 26.7. The van der Waals surface area contributed by atoms with Gasteiger partial charge in [-0.3, -0.25) is 0 Å². The fourth-order valence-electron chi connectivity index (χ4n) is 0.998. The number of aliphatic carboxylic acids is 1. The fraction of sp³-hybridized carbons (Fsp3) is 0. The zero-order valence-corrected chi connectivity index (χ0v) is 7.18. The Hall–Kier alpha value is -1.69. The first-order valence-corrected chi connectivity index (χ1v) is 3.84. The molecule has 3 N–H and O–H groups in total. The summed E-state index contributed by atoms with van der Waals surface area (Å²) in [4.78, 5) is 10.2. The van der Waals surface area contributed by atoms with Gasteiger partial charge in [0.05, 0.1) is 0 Å². The van der Waals surface area contributed by atoms with Gasteiger partial charge in [0.25, 0.3) is 0 Å². The molecule has 0 saturated heterocycles. The number of carboxylic acid groups (broad SMARTS) is 1. The van der Waals surface area contributed by atoms with E-state index in [2.05, 4.69) is 0 Å². The van der Waals surface area contributed by atoms with Gasteiger partial charge in [-0.25, -0.2) is 10.0 Å². The Morgan fingerprint density at radius 2 is 2.07 bits per heavy atom. The van der Waals surface area contributed by atoms with E-state index in [1.54, 1.807) is 18.2 Å². The van der Waals surface area contributed by atoms with Crippen LogP contribution in [0.25, 0.3) is 6.08 Å². The number of quaternary nitrogens is 1. The van der Waals surface area contributed by atoms with Gasteiger partial charge in [0.2, 0.25) is 0 Å². The summed E-state index contributed by atoms with van der Waals surface area (Å²) in [5.74, 6) is -1.11. The zero-order valence-electron chi connectivity index (χ0n) is 7.18. The van der Waals surface area contributed by atoms with E-state index < -0.39 is 11.2 Å². The maximum absolute atomic E-state index is 10.7. The normalized spacial score (nSPS) is 13.0. The molecule has 1 atom stereocenters. The Bertz CT molecular complexity index is 360. The van der Waals surface area contributed by atoms with Crippen LogP contribution in [0.3, 0.4) is 0 Å². The monoisotopic (exact) mass is 195 g/mol. The quantitative estimate of drug-likeness (QED) is 0.474. The third-order valence-electron chi connectivity index (χ3n) is 1.60. The summed E-state index contributed by atoms with van der Waals surface area (Å²) in [5.41, 5.74) is 0.465. The number of nitrogens with one attached hydrogen (secondary N) is 1. The first kappa shape index (κ1) is 10.4. The van der Waals surface area contributed by atoms with Gasteiger partial charge in [0, 0.05) is 17.7 Å². The summed E-state index contributed by atoms with van der Waals surface area (Å²) in [7, 11) is 0. The molecule has 0 saturated carbocycles. The molecule has 74 valence electrons. The summed E-state index contributed by atoms with van der Waals surface area (Å²) in [6.07, 6.45) is 2.16. The third-order valence-corrected chi connectivity index (χ3v) is 1.60. The number of hydrogen-bond acceptors (Lipinski definition) is 3. The zero-order chi connectivity index (χ0) is 10.6. The molecule has 0 aliphatic carbocycles. The predicted octanol–water partition coefficient (Wildman–Crippen LogP) is 0.188. The van der Waals surface area contributed by atoms with Gasteiger partial charge in [-0.05, 0) is 12.1 Å². The van der Waals surface area contributed by atoms with Crippen LogP contribution in [-0.4, -0.2) is 16.3 Å². The summed E-state index contributed by atoms with van der Waals surface area (Å²) >= 11 is 0. The van der Waals surface area contributed by atoms with Crippen molar-refractivity contribution in [1.29, 1.82) is 0 Å². The smallest absolute Gasteiger partial charge is 0.328 e. The van der Waals surface area contributed by atoms with Crippen molar-refractivity contribution in [2.45, 2.75) is 0 Å². The van der Waals surface area contributed by atoms with Crippen molar-refractivity contribution in [2.24, 2.45) is 0 Å². The summed E-state index contributed by atoms with van der Waals surface area (Å²) < 4.78 is 0. The number of rotatable bonds is 3. The van der Waals surface area contributed by atoms with Crippen LogP contribution < -0.4 is 5.23 Å². The molecular weight excluding hydrogens is 186 g/mol. The van der Waals surface area contributed by atoms with Crippen LogP contribution in [-0.2, 0) is 4.79 Å². The second-order valence-electron chi connectivity index (χ2n) is 2.56. The lowest BCUT2D eigenvalue weighted by molar-refractivity contribution is -0.991. The van der Waals surface area contributed by atoms with Crippen molar-refractivity contribution in [3.05, 3.63) is 41.1 Å². The van der Waals surface area contributed by atoms with Crippen molar-refractivity contribution in [1.82, 2.24) is 0 Å². The molecule has 14 heavy (non-hydrogen) atoms. The lowest BCUT2D eigenvalue weighted by Crippen LogP contribution is -2.99. The van der Waals surface area contributed by atoms with Gasteiger partial charge in [-0.1, -0.05) is 12.1 Å². The molecular formula is C9H9NO4. The largest absolute Gasteiger partial charge is 0.595 e. The molecule has 0 radical (unpaired) electrons. The second-order valence-corrected chi connectivity index (χ2v) is 2.56. The van der Waals surface area contributed by atoms with Crippen LogP contribution in [0.1, 0.15) is 5.56 Å². The van der Waals surface area contributed by atoms with Crippen LogP contribution in [0.4, 0.5) is 5.69 Å². The Labute approximate surface area is 80.0 Å². The minimum Gasteiger partial charge on any atom is -0.595 e. The highest BCUT2D eigenvalue weighted by molar-refractivity contribution is 5.86. The number of carbonyl (C=O) groups is 1. The van der Waals surface area contributed by atoms with Crippen LogP contribution in [0, 0.1) is 5.21 Å². The van der Waals surface area contributed by atoms with Gasteiger partial charge in [-0.2, -0.15) is 5.23 Å². The number of hydrogen-bond donors (Lipinski definition) is 3. The summed E-state index contributed by atoms with van der Waals surface area (Å²) in [6.45, 7) is 0. The molecule has 5 nitrogen and oxygen atoms in total. The van der Waals surface area contributed by atoms with E-state index in [-0.39, 0.29) is 5.69 Å². The van der Waals surface area contributed by atoms with Crippen molar-refractivity contribution >= 4 is 17.7 Å². The molecule has 0 heterocycles. The lowest BCUT2D eigenvalue weighted by atomic mass is 10.1. The van der Waals surface area contributed by atoms with E-state index >= 15 is 0 Å². The van der Waals surface area contributed by atoms with E-state index in [0.717, 1.165) is 6.08 Å². The Morgan fingerprint density at radius 1 is 1.43 bits per heavy atom. The van der Waals surface area contributed by atoms with Crippen LogP contribution in [0.2, 0.25) is 0 Å². The third kappa shape index (κ3) is 2.67. The molecule has 0 aliphatic heterocycles. The molecule has 0 amide bonds. The average Bonchev–Trinajstić information content (AvgIpc) is 2.15. The molecule has 1 aromatic carbocycles. The molecule has 0 fully saturated rings. The van der Waals surface area contributed by atoms with Gasteiger partial charge in [-0.15, -0.1) is 0 Å². The highest BCUT2D eigenvalue weighted by atomic mass is 16.8. The number of benzene rings is 1. The average molecular weight is 195 g/mol. The van der Waals surface area contributed by atoms with Gasteiger partial charge in [0.1, 0.15) is 0 Å². The topological polar surface area (TPSA) is 85.0 Å². The molecule has 1 aromatic rings. The van der Waals surface area contributed by atoms with Crippen LogP contribution >= 0.6 is 0 Å². The fourth-order valence-corrected chi connectivity index (χ4v) is 0.998. The molecule has 5 heteroatoms. The number of carboxylic acids is 1. The van der Waals surface area contributed by atoms with Gasteiger partial charge < -0.3 is 10.3 Å². The first-order valence-electron chi connectivity index (χ1n) is 3.84. The van der Waals surface area contributed by atoms with Crippen molar-refractivity contribution < 1.29 is 20.3 Å². The highest BCUT2D eigenvalue weighted by Crippen LogP contribution is 2.11. The molecule has 0 spiro atoms. The minimum absolute atomic E-state index is 0.0880. The maximum Gasteiger partial charge on any atom is 0.328 e. The van der Waals surface area contributed by atoms with Crippen LogP contribution in [0.5, 0.6) is 0 Å². The second kappa shape index (κ2) is 4.52. The van der Waals surface area contributed by atoms with Gasteiger partial charge in [0.15, 0.2) is 5.69 Å². The minimum atomic E-state index is -1.11. The Balaban J connectivity index is 3.01. The van der Waals surface area contributed by atoms with E-state index in [4.69, 9.17) is 10.3 Å². The lowest BCUT2D eigenvalue weighted by Gasteiger charge is -2.13. The Morgan fingerprint density at radius 3 is 2.64 bits per heavy atom. The van der Waals surface area contributed by atoms with E-state index in [1.165, 1.54) is 12.1 Å². The van der Waals surface area contributed by atoms with E-state index in [1.807, 2.05) is 0 Å². The van der Waals surface area contributed by atoms with Crippen molar-refractivity contribution in [3.8, 4) is 0 Å². The van der Waals surface area contributed by atoms with E-state index in [9.17, 15) is 10.0 Å². The molecule has 1 rings (SSSR count). The molecule has 0 bridgehead atoms.